The summed E-state index contributed by atoms with van der Waals surface area (Å²) in [6.07, 6.45) is 2.83. The number of nitrogens with one attached hydrogen (secondary N) is 1. The van der Waals surface area contributed by atoms with Gasteiger partial charge in [0.25, 0.3) is 0 Å². The molecule has 0 aromatic carbocycles. The van der Waals surface area contributed by atoms with Crippen molar-refractivity contribution in [1.29, 1.82) is 0 Å². The third kappa shape index (κ3) is 5.36. The summed E-state index contributed by atoms with van der Waals surface area (Å²) in [7, 11) is 2.08. The minimum atomic E-state index is -0.839. The van der Waals surface area contributed by atoms with E-state index in [2.05, 4.69) is 31.1 Å². The molecule has 0 aromatic heterocycles. The highest BCUT2D eigenvalue weighted by molar-refractivity contribution is 5.78. The number of rotatable bonds is 9. The maximum Gasteiger partial charge on any atom is 0.323 e. The third-order valence-electron chi connectivity index (χ3n) is 3.61. The SMILES string of the molecule is CCC(CC)N(C)CCC(C)(NC(C)C)C(=O)O. The van der Waals surface area contributed by atoms with Crippen LogP contribution in [0.25, 0.3) is 0 Å². The largest absolute Gasteiger partial charge is 0.480 e. The molecule has 0 spiro atoms. The molecule has 0 radical (unpaired) electrons. The molecule has 1 atom stereocenters. The molecule has 0 heterocycles. The van der Waals surface area contributed by atoms with Crippen molar-refractivity contribution in [3.63, 3.8) is 0 Å². The fourth-order valence-electron chi connectivity index (χ4n) is 2.37. The number of hydrogen-bond donors (Lipinski definition) is 2. The van der Waals surface area contributed by atoms with Gasteiger partial charge in [-0.05, 0) is 47.1 Å². The van der Waals surface area contributed by atoms with E-state index in [1.807, 2.05) is 13.8 Å². The molecule has 4 nitrogen and oxygen atoms in total. The van der Waals surface area contributed by atoms with E-state index in [1.165, 1.54) is 0 Å². The van der Waals surface area contributed by atoms with E-state index in [1.54, 1.807) is 6.92 Å². The fourth-order valence-corrected chi connectivity index (χ4v) is 2.37. The van der Waals surface area contributed by atoms with Crippen LogP contribution in [0, 0.1) is 0 Å². The highest BCUT2D eigenvalue weighted by atomic mass is 16.4. The Morgan fingerprint density at radius 1 is 1.33 bits per heavy atom. The van der Waals surface area contributed by atoms with Crippen molar-refractivity contribution in [1.82, 2.24) is 10.2 Å². The first-order chi connectivity index (χ1) is 8.26. The number of carbonyl (C=O) groups is 1. The first kappa shape index (κ1) is 17.4. The summed E-state index contributed by atoms with van der Waals surface area (Å²) in [5, 5.41) is 12.5. The minimum Gasteiger partial charge on any atom is -0.480 e. The van der Waals surface area contributed by atoms with E-state index in [0.29, 0.717) is 12.5 Å². The van der Waals surface area contributed by atoms with Gasteiger partial charge in [0.15, 0.2) is 0 Å². The summed E-state index contributed by atoms with van der Waals surface area (Å²) >= 11 is 0. The van der Waals surface area contributed by atoms with Crippen molar-refractivity contribution < 1.29 is 9.90 Å². The fraction of sp³-hybridized carbons (Fsp3) is 0.929. The zero-order chi connectivity index (χ0) is 14.3. The van der Waals surface area contributed by atoms with E-state index >= 15 is 0 Å². The molecule has 108 valence electrons. The van der Waals surface area contributed by atoms with E-state index < -0.39 is 11.5 Å². The van der Waals surface area contributed by atoms with Crippen LogP contribution in [0.1, 0.15) is 53.9 Å². The molecular weight excluding hydrogens is 228 g/mol. The first-order valence-corrected chi connectivity index (χ1v) is 6.98. The van der Waals surface area contributed by atoms with Gasteiger partial charge in [0.1, 0.15) is 5.54 Å². The van der Waals surface area contributed by atoms with Crippen LogP contribution in [0.5, 0.6) is 0 Å². The molecular formula is C14H30N2O2. The van der Waals surface area contributed by atoms with E-state index in [0.717, 1.165) is 19.4 Å². The monoisotopic (exact) mass is 258 g/mol. The summed E-state index contributed by atoms with van der Waals surface area (Å²) in [6, 6.07) is 0.714. The Morgan fingerprint density at radius 3 is 2.17 bits per heavy atom. The summed E-state index contributed by atoms with van der Waals surface area (Å²) in [5.41, 5.74) is -0.839. The van der Waals surface area contributed by atoms with Gasteiger partial charge >= 0.3 is 5.97 Å². The molecule has 0 aliphatic carbocycles. The van der Waals surface area contributed by atoms with Crippen LogP contribution < -0.4 is 5.32 Å². The molecule has 0 bridgehead atoms. The van der Waals surface area contributed by atoms with Crippen molar-refractivity contribution in [2.24, 2.45) is 0 Å². The minimum absolute atomic E-state index is 0.171. The Balaban J connectivity index is 4.48. The average molecular weight is 258 g/mol. The number of carboxylic acids is 1. The van der Waals surface area contributed by atoms with Crippen molar-refractivity contribution in [2.45, 2.75) is 71.5 Å². The lowest BCUT2D eigenvalue weighted by atomic mass is 9.96. The van der Waals surface area contributed by atoms with Crippen LogP contribution in [0.2, 0.25) is 0 Å². The third-order valence-corrected chi connectivity index (χ3v) is 3.61. The highest BCUT2D eigenvalue weighted by Gasteiger charge is 2.33. The van der Waals surface area contributed by atoms with Gasteiger partial charge in [-0.15, -0.1) is 0 Å². The van der Waals surface area contributed by atoms with Crippen LogP contribution in [0.15, 0.2) is 0 Å². The molecule has 0 rings (SSSR count). The smallest absolute Gasteiger partial charge is 0.323 e. The Labute approximate surface area is 112 Å². The summed E-state index contributed by atoms with van der Waals surface area (Å²) in [6.45, 7) is 10.9. The predicted octanol–water partition coefficient (Wildman–Crippen LogP) is 2.34. The molecule has 1 unspecified atom stereocenters. The van der Waals surface area contributed by atoms with Crippen LogP contribution in [-0.2, 0) is 4.79 Å². The maximum absolute atomic E-state index is 11.4. The van der Waals surface area contributed by atoms with E-state index in [4.69, 9.17) is 0 Å². The van der Waals surface area contributed by atoms with Gasteiger partial charge in [-0.25, -0.2) is 0 Å². The first-order valence-electron chi connectivity index (χ1n) is 6.98. The van der Waals surface area contributed by atoms with E-state index in [-0.39, 0.29) is 6.04 Å². The summed E-state index contributed by atoms with van der Waals surface area (Å²) in [4.78, 5) is 13.7. The number of nitrogens with zero attached hydrogens (tertiary/aromatic N) is 1. The Bertz CT molecular complexity index is 252. The van der Waals surface area contributed by atoms with Gasteiger partial charge in [-0.1, -0.05) is 13.8 Å². The standard InChI is InChI=1S/C14H30N2O2/c1-7-12(8-2)16(6)10-9-14(5,13(17)18)15-11(3)4/h11-12,15H,7-10H2,1-6H3,(H,17,18). The zero-order valence-corrected chi connectivity index (χ0v) is 12.8. The lowest BCUT2D eigenvalue weighted by molar-refractivity contribution is -0.145. The molecule has 0 aliphatic heterocycles. The molecule has 0 saturated heterocycles. The number of aliphatic carboxylic acids is 1. The van der Waals surface area contributed by atoms with Gasteiger partial charge in [-0.2, -0.15) is 0 Å². The summed E-state index contributed by atoms with van der Waals surface area (Å²) in [5.74, 6) is -0.769. The normalized spacial score (nSPS) is 15.4. The topological polar surface area (TPSA) is 52.6 Å². The number of hydrogen-bond acceptors (Lipinski definition) is 3. The van der Waals surface area contributed by atoms with Crippen molar-refractivity contribution in [3.05, 3.63) is 0 Å². The molecule has 4 heteroatoms. The van der Waals surface area contributed by atoms with Crippen LogP contribution in [0.3, 0.4) is 0 Å². The predicted molar refractivity (Wildman–Crippen MR) is 75.9 cm³/mol. The summed E-state index contributed by atoms with van der Waals surface area (Å²) < 4.78 is 0. The van der Waals surface area contributed by atoms with Gasteiger partial charge in [0.05, 0.1) is 0 Å². The Kier molecular flexibility index (Phi) is 7.48. The maximum atomic E-state index is 11.4. The van der Waals surface area contributed by atoms with Crippen LogP contribution >= 0.6 is 0 Å². The lowest BCUT2D eigenvalue weighted by Gasteiger charge is -2.33. The van der Waals surface area contributed by atoms with Gasteiger partial charge in [0, 0.05) is 18.6 Å². The van der Waals surface area contributed by atoms with E-state index in [9.17, 15) is 9.90 Å². The Hall–Kier alpha value is -0.610. The van der Waals surface area contributed by atoms with Crippen LogP contribution in [0.4, 0.5) is 0 Å². The van der Waals surface area contributed by atoms with Gasteiger partial charge < -0.3 is 10.0 Å². The second kappa shape index (κ2) is 7.74. The van der Waals surface area contributed by atoms with Crippen LogP contribution in [-0.4, -0.2) is 47.2 Å². The molecule has 0 saturated carbocycles. The number of carboxylic acid groups (broad SMARTS) is 1. The average Bonchev–Trinajstić information content (AvgIpc) is 2.27. The quantitative estimate of drug-likeness (QED) is 0.666. The second-order valence-electron chi connectivity index (χ2n) is 5.64. The second-order valence-corrected chi connectivity index (χ2v) is 5.64. The van der Waals surface area contributed by atoms with Gasteiger partial charge in [-0.3, -0.25) is 10.1 Å². The van der Waals surface area contributed by atoms with Gasteiger partial charge in [0.2, 0.25) is 0 Å². The molecule has 2 N–H and O–H groups in total. The van der Waals surface area contributed by atoms with Crippen molar-refractivity contribution in [2.75, 3.05) is 13.6 Å². The van der Waals surface area contributed by atoms with Crippen molar-refractivity contribution >= 4 is 5.97 Å². The lowest BCUT2D eigenvalue weighted by Crippen LogP contribution is -2.54. The molecule has 18 heavy (non-hydrogen) atoms. The molecule has 0 amide bonds. The molecule has 0 aliphatic rings. The Morgan fingerprint density at radius 2 is 1.83 bits per heavy atom. The highest BCUT2D eigenvalue weighted by Crippen LogP contribution is 2.14. The van der Waals surface area contributed by atoms with Crippen molar-refractivity contribution in [3.8, 4) is 0 Å². The molecule has 0 aromatic rings. The molecule has 0 fully saturated rings. The zero-order valence-electron chi connectivity index (χ0n) is 12.8.